The van der Waals surface area contributed by atoms with Crippen molar-refractivity contribution in [3.05, 3.63) is 59.7 Å². The van der Waals surface area contributed by atoms with Gasteiger partial charge in [-0.2, -0.15) is 0 Å². The van der Waals surface area contributed by atoms with Crippen LogP contribution in [0.25, 0.3) is 0 Å². The molecule has 0 spiro atoms. The van der Waals surface area contributed by atoms with E-state index >= 15 is 0 Å². The normalized spacial score (nSPS) is 21.3. The highest BCUT2D eigenvalue weighted by Crippen LogP contribution is 2.33. The van der Waals surface area contributed by atoms with E-state index in [1.54, 1.807) is 0 Å². The molecule has 5 nitrogen and oxygen atoms in total. The van der Waals surface area contributed by atoms with Crippen molar-refractivity contribution in [1.82, 2.24) is 5.32 Å². The van der Waals surface area contributed by atoms with Gasteiger partial charge in [-0.3, -0.25) is 9.69 Å². The van der Waals surface area contributed by atoms with E-state index in [4.69, 9.17) is 0 Å². The Hall–Kier alpha value is -2.82. The number of carbonyl (C=O) groups excluding carboxylic acids is 2. The van der Waals surface area contributed by atoms with Gasteiger partial charge in [0.2, 0.25) is 5.91 Å². The summed E-state index contributed by atoms with van der Waals surface area (Å²) in [7, 11) is 0. The van der Waals surface area contributed by atoms with Gasteiger partial charge in [-0.05, 0) is 36.6 Å². The second-order valence-corrected chi connectivity index (χ2v) is 6.77. The molecule has 4 rings (SSSR count). The van der Waals surface area contributed by atoms with E-state index in [9.17, 15) is 9.59 Å². The fourth-order valence-corrected chi connectivity index (χ4v) is 3.85. The summed E-state index contributed by atoms with van der Waals surface area (Å²) >= 11 is 0. The van der Waals surface area contributed by atoms with Crippen molar-refractivity contribution in [1.29, 1.82) is 0 Å². The molecule has 2 aromatic rings. The molecule has 25 heavy (non-hydrogen) atoms. The van der Waals surface area contributed by atoms with Gasteiger partial charge in [-0.25, -0.2) is 4.79 Å². The Balaban J connectivity index is 1.49. The Kier molecular flexibility index (Phi) is 3.92. The van der Waals surface area contributed by atoms with Gasteiger partial charge in [0, 0.05) is 36.3 Å². The van der Waals surface area contributed by atoms with E-state index in [2.05, 4.69) is 23.6 Å². The van der Waals surface area contributed by atoms with Gasteiger partial charge in [-0.15, -0.1) is 0 Å². The predicted octanol–water partition coefficient (Wildman–Crippen LogP) is 3.27. The summed E-state index contributed by atoms with van der Waals surface area (Å²) in [6, 6.07) is 15.8. The summed E-state index contributed by atoms with van der Waals surface area (Å²) in [6.07, 6.45) is 1.27. The first-order valence-electron chi connectivity index (χ1n) is 8.67. The van der Waals surface area contributed by atoms with Crippen molar-refractivity contribution in [2.24, 2.45) is 0 Å². The Bertz CT molecular complexity index is 833. The number of benzene rings is 2. The van der Waals surface area contributed by atoms with Crippen LogP contribution in [0.15, 0.2) is 48.5 Å². The third-order valence-corrected chi connectivity index (χ3v) is 5.03. The van der Waals surface area contributed by atoms with Crippen molar-refractivity contribution in [2.75, 3.05) is 16.8 Å². The molecule has 2 atom stereocenters. The smallest absolute Gasteiger partial charge is 0.322 e. The number of hydrogen-bond acceptors (Lipinski definition) is 2. The van der Waals surface area contributed by atoms with Gasteiger partial charge in [0.05, 0.1) is 0 Å². The van der Waals surface area contributed by atoms with Crippen LogP contribution in [0.2, 0.25) is 0 Å². The highest BCUT2D eigenvalue weighted by Gasteiger charge is 2.31. The molecule has 0 fully saturated rings. The molecule has 0 unspecified atom stereocenters. The van der Waals surface area contributed by atoms with Crippen LogP contribution in [0.4, 0.5) is 16.2 Å². The van der Waals surface area contributed by atoms with Crippen molar-refractivity contribution in [3.63, 3.8) is 0 Å². The highest BCUT2D eigenvalue weighted by molar-refractivity contribution is 5.96. The van der Waals surface area contributed by atoms with E-state index in [0.717, 1.165) is 23.4 Å². The number of amides is 3. The maximum Gasteiger partial charge on any atom is 0.322 e. The molecule has 3 amide bonds. The first kappa shape index (κ1) is 15.7. The average molecular weight is 335 g/mol. The zero-order valence-corrected chi connectivity index (χ0v) is 14.2. The first-order valence-corrected chi connectivity index (χ1v) is 8.67. The second kappa shape index (κ2) is 6.24. The third kappa shape index (κ3) is 2.86. The highest BCUT2D eigenvalue weighted by atomic mass is 16.2. The number of fused-ring (bicyclic) bond motifs is 2. The molecule has 2 aromatic carbocycles. The maximum absolute atomic E-state index is 12.8. The molecular formula is C20H21N3O2. The van der Waals surface area contributed by atoms with Crippen LogP contribution in [0.5, 0.6) is 0 Å². The number of para-hydroxylation sites is 2. The summed E-state index contributed by atoms with van der Waals surface area (Å²) in [5, 5.41) is 5.92. The monoisotopic (exact) mass is 335 g/mol. The zero-order valence-electron chi connectivity index (χ0n) is 14.2. The van der Waals surface area contributed by atoms with Gasteiger partial charge in [0.25, 0.3) is 0 Å². The Morgan fingerprint density at radius 1 is 1.16 bits per heavy atom. The molecule has 2 aliphatic heterocycles. The van der Waals surface area contributed by atoms with Crippen LogP contribution in [-0.2, 0) is 11.2 Å². The fourth-order valence-electron chi connectivity index (χ4n) is 3.85. The summed E-state index contributed by atoms with van der Waals surface area (Å²) in [5.41, 5.74) is 4.11. The minimum atomic E-state index is -0.0964. The predicted molar refractivity (Wildman–Crippen MR) is 97.9 cm³/mol. The topological polar surface area (TPSA) is 61.4 Å². The van der Waals surface area contributed by atoms with E-state index in [-0.39, 0.29) is 23.9 Å². The molecule has 0 saturated carbocycles. The van der Waals surface area contributed by atoms with Crippen LogP contribution in [0.3, 0.4) is 0 Å². The lowest BCUT2D eigenvalue weighted by molar-refractivity contribution is -0.116. The Morgan fingerprint density at radius 3 is 2.80 bits per heavy atom. The van der Waals surface area contributed by atoms with Crippen LogP contribution in [0, 0.1) is 0 Å². The van der Waals surface area contributed by atoms with Crippen molar-refractivity contribution < 1.29 is 9.59 Å². The summed E-state index contributed by atoms with van der Waals surface area (Å²) in [6.45, 7) is 2.51. The SMILES string of the molecule is C[C@@H]1Cc2ccccc2N1C(=O)NC[C@H]1CC(=O)Nc2ccccc21. The van der Waals surface area contributed by atoms with E-state index in [1.165, 1.54) is 5.56 Å². The number of urea groups is 1. The number of carbonyl (C=O) groups is 2. The molecule has 0 bridgehead atoms. The van der Waals surface area contributed by atoms with Gasteiger partial charge < -0.3 is 10.6 Å². The molecule has 0 aliphatic carbocycles. The molecule has 0 aromatic heterocycles. The molecule has 128 valence electrons. The molecule has 5 heteroatoms. The first-order chi connectivity index (χ1) is 12.1. The van der Waals surface area contributed by atoms with Crippen LogP contribution in [0.1, 0.15) is 30.4 Å². The van der Waals surface area contributed by atoms with Crippen molar-refractivity contribution in [2.45, 2.75) is 31.7 Å². The summed E-state index contributed by atoms with van der Waals surface area (Å²) in [5.74, 6) is -0.000104. The van der Waals surface area contributed by atoms with Crippen LogP contribution in [-0.4, -0.2) is 24.5 Å². The quantitative estimate of drug-likeness (QED) is 0.885. The maximum atomic E-state index is 12.8. The average Bonchev–Trinajstić information content (AvgIpc) is 2.95. The Labute approximate surface area is 147 Å². The fraction of sp³-hybridized carbons (Fsp3) is 0.300. The summed E-state index contributed by atoms with van der Waals surface area (Å²) in [4.78, 5) is 26.5. The van der Waals surface area contributed by atoms with E-state index < -0.39 is 0 Å². The zero-order chi connectivity index (χ0) is 17.4. The lowest BCUT2D eigenvalue weighted by Gasteiger charge is -2.28. The van der Waals surface area contributed by atoms with Crippen molar-refractivity contribution >= 4 is 23.3 Å². The van der Waals surface area contributed by atoms with Crippen LogP contribution < -0.4 is 15.5 Å². The van der Waals surface area contributed by atoms with Gasteiger partial charge in [0.15, 0.2) is 0 Å². The Morgan fingerprint density at radius 2 is 1.92 bits per heavy atom. The molecule has 0 saturated heterocycles. The molecule has 2 N–H and O–H groups in total. The lowest BCUT2D eigenvalue weighted by atomic mass is 9.90. The number of nitrogens with zero attached hydrogens (tertiary/aromatic N) is 1. The largest absolute Gasteiger partial charge is 0.337 e. The third-order valence-electron chi connectivity index (χ3n) is 5.03. The molecule has 2 heterocycles. The second-order valence-electron chi connectivity index (χ2n) is 6.77. The van der Waals surface area contributed by atoms with Crippen molar-refractivity contribution in [3.8, 4) is 0 Å². The van der Waals surface area contributed by atoms with Gasteiger partial charge in [-0.1, -0.05) is 36.4 Å². The number of rotatable bonds is 2. The molecule has 0 radical (unpaired) electrons. The number of hydrogen-bond donors (Lipinski definition) is 2. The minimum Gasteiger partial charge on any atom is -0.337 e. The number of anilines is 2. The number of nitrogens with one attached hydrogen (secondary N) is 2. The van der Waals surface area contributed by atoms with E-state index in [0.29, 0.717) is 13.0 Å². The lowest BCUT2D eigenvalue weighted by Crippen LogP contribution is -2.45. The minimum absolute atomic E-state index is 0.00190. The van der Waals surface area contributed by atoms with Gasteiger partial charge >= 0.3 is 6.03 Å². The van der Waals surface area contributed by atoms with Gasteiger partial charge in [0.1, 0.15) is 0 Å². The summed E-state index contributed by atoms with van der Waals surface area (Å²) < 4.78 is 0. The van der Waals surface area contributed by atoms with Crippen LogP contribution >= 0.6 is 0 Å². The molecular weight excluding hydrogens is 314 g/mol. The molecule has 2 aliphatic rings. The standard InChI is InChI=1S/C20H21N3O2/c1-13-10-14-6-2-5-9-18(14)23(13)20(25)21-12-15-11-19(24)22-17-8-4-3-7-16(15)17/h2-9,13,15H,10-12H2,1H3,(H,21,25)(H,22,24)/t13-,15-/m1/s1. The van der Waals surface area contributed by atoms with E-state index in [1.807, 2.05) is 47.4 Å².